The third kappa shape index (κ3) is 3.67. The molecule has 0 radical (unpaired) electrons. The van der Waals surface area contributed by atoms with Gasteiger partial charge in [0.15, 0.2) is 0 Å². The summed E-state index contributed by atoms with van der Waals surface area (Å²) in [7, 11) is 2.27. The summed E-state index contributed by atoms with van der Waals surface area (Å²) in [5.41, 5.74) is 6.44. The minimum atomic E-state index is 0.444. The first kappa shape index (κ1) is 13.3. The fourth-order valence-corrected chi connectivity index (χ4v) is 3.52. The Hall–Kier alpha value is -0.120. The summed E-state index contributed by atoms with van der Waals surface area (Å²) < 4.78 is 0. The van der Waals surface area contributed by atoms with Gasteiger partial charge in [-0.25, -0.2) is 0 Å². The number of hydrogen-bond acceptors (Lipinski definition) is 3. The molecule has 2 rings (SSSR count). The Kier molecular flexibility index (Phi) is 4.83. The smallest absolute Gasteiger partial charge is 0.0109 e. The van der Waals surface area contributed by atoms with Gasteiger partial charge in [-0.15, -0.1) is 0 Å². The van der Waals surface area contributed by atoms with Gasteiger partial charge in [0.2, 0.25) is 0 Å². The second-order valence-electron chi connectivity index (χ2n) is 6.20. The summed E-state index contributed by atoms with van der Waals surface area (Å²) in [6.45, 7) is 7.17. The first-order valence-corrected chi connectivity index (χ1v) is 7.35. The Morgan fingerprint density at radius 1 is 1.12 bits per heavy atom. The van der Waals surface area contributed by atoms with E-state index >= 15 is 0 Å². The zero-order valence-corrected chi connectivity index (χ0v) is 11.5. The largest absolute Gasteiger partial charge is 0.330 e. The van der Waals surface area contributed by atoms with Gasteiger partial charge in [0.05, 0.1) is 0 Å². The highest BCUT2D eigenvalue weighted by Crippen LogP contribution is 2.37. The Morgan fingerprint density at radius 3 is 2.35 bits per heavy atom. The summed E-state index contributed by atoms with van der Waals surface area (Å²) in [5.74, 6) is 0. The van der Waals surface area contributed by atoms with E-state index in [2.05, 4.69) is 16.8 Å². The van der Waals surface area contributed by atoms with Gasteiger partial charge in [-0.05, 0) is 57.8 Å². The summed E-state index contributed by atoms with van der Waals surface area (Å²) in [4.78, 5) is 5.11. The molecule has 2 aliphatic rings. The molecule has 1 saturated heterocycles. The van der Waals surface area contributed by atoms with Crippen LogP contribution in [0.25, 0.3) is 0 Å². The van der Waals surface area contributed by atoms with Crippen LogP contribution in [0.5, 0.6) is 0 Å². The fraction of sp³-hybridized carbons (Fsp3) is 1.00. The molecular formula is C14H29N3. The number of hydrogen-bond donors (Lipinski definition) is 1. The molecule has 0 unspecified atom stereocenters. The molecule has 2 fully saturated rings. The van der Waals surface area contributed by atoms with E-state index in [4.69, 9.17) is 5.73 Å². The molecule has 2 N–H and O–H groups in total. The van der Waals surface area contributed by atoms with Gasteiger partial charge in [0, 0.05) is 19.6 Å². The molecule has 0 bridgehead atoms. The van der Waals surface area contributed by atoms with Gasteiger partial charge in [0.1, 0.15) is 0 Å². The first-order chi connectivity index (χ1) is 8.24. The Morgan fingerprint density at radius 2 is 1.76 bits per heavy atom. The minimum absolute atomic E-state index is 0.444. The topological polar surface area (TPSA) is 32.5 Å². The zero-order valence-electron chi connectivity index (χ0n) is 11.5. The average molecular weight is 239 g/mol. The lowest BCUT2D eigenvalue weighted by Crippen LogP contribution is -2.41. The van der Waals surface area contributed by atoms with Crippen LogP contribution in [0.15, 0.2) is 0 Å². The van der Waals surface area contributed by atoms with Crippen molar-refractivity contribution in [3.05, 3.63) is 0 Å². The molecule has 100 valence electrons. The van der Waals surface area contributed by atoms with Crippen LogP contribution in [-0.4, -0.2) is 56.1 Å². The number of likely N-dealkylation sites (tertiary alicyclic amines) is 1. The van der Waals surface area contributed by atoms with Crippen LogP contribution >= 0.6 is 0 Å². The molecule has 3 nitrogen and oxygen atoms in total. The maximum atomic E-state index is 6.00. The summed E-state index contributed by atoms with van der Waals surface area (Å²) in [6, 6.07) is 0. The van der Waals surface area contributed by atoms with Crippen molar-refractivity contribution < 1.29 is 0 Å². The van der Waals surface area contributed by atoms with Crippen molar-refractivity contribution in [2.24, 2.45) is 11.1 Å². The summed E-state index contributed by atoms with van der Waals surface area (Å²) >= 11 is 0. The van der Waals surface area contributed by atoms with E-state index in [0.29, 0.717) is 5.41 Å². The SMILES string of the molecule is CN(CCN1CCCC1)CC1(CN)CCCC1. The van der Waals surface area contributed by atoms with Crippen LogP contribution in [0.2, 0.25) is 0 Å². The van der Waals surface area contributed by atoms with Crippen molar-refractivity contribution in [2.45, 2.75) is 38.5 Å². The van der Waals surface area contributed by atoms with Gasteiger partial charge in [-0.3, -0.25) is 0 Å². The molecule has 0 aromatic heterocycles. The zero-order chi connectivity index (χ0) is 12.1. The molecule has 3 heteroatoms. The van der Waals surface area contributed by atoms with Crippen LogP contribution < -0.4 is 5.73 Å². The van der Waals surface area contributed by atoms with Crippen LogP contribution in [0.1, 0.15) is 38.5 Å². The molecule has 0 atom stereocenters. The van der Waals surface area contributed by atoms with E-state index in [1.54, 1.807) is 0 Å². The van der Waals surface area contributed by atoms with E-state index in [9.17, 15) is 0 Å². The number of likely N-dealkylation sites (N-methyl/N-ethyl adjacent to an activating group) is 1. The fourth-order valence-electron chi connectivity index (χ4n) is 3.52. The van der Waals surface area contributed by atoms with Gasteiger partial charge in [-0.2, -0.15) is 0 Å². The standard InChI is InChI=1S/C14H29N3/c1-16(10-11-17-8-4-5-9-17)13-14(12-15)6-2-3-7-14/h2-13,15H2,1H3. The maximum absolute atomic E-state index is 6.00. The highest BCUT2D eigenvalue weighted by molar-refractivity contribution is 4.88. The van der Waals surface area contributed by atoms with Gasteiger partial charge >= 0.3 is 0 Å². The third-order valence-corrected chi connectivity index (χ3v) is 4.70. The van der Waals surface area contributed by atoms with Crippen LogP contribution in [0.3, 0.4) is 0 Å². The van der Waals surface area contributed by atoms with E-state index in [1.807, 2.05) is 0 Å². The van der Waals surface area contributed by atoms with E-state index in [1.165, 1.54) is 71.2 Å². The van der Waals surface area contributed by atoms with E-state index in [-0.39, 0.29) is 0 Å². The highest BCUT2D eigenvalue weighted by atomic mass is 15.2. The predicted molar refractivity (Wildman–Crippen MR) is 73.1 cm³/mol. The molecular weight excluding hydrogens is 210 g/mol. The molecule has 0 amide bonds. The van der Waals surface area contributed by atoms with Crippen LogP contribution in [0, 0.1) is 5.41 Å². The summed E-state index contributed by atoms with van der Waals surface area (Å²) in [5, 5.41) is 0. The molecule has 0 aromatic carbocycles. The van der Waals surface area contributed by atoms with Gasteiger partial charge in [-0.1, -0.05) is 12.8 Å². The molecule has 17 heavy (non-hydrogen) atoms. The van der Waals surface area contributed by atoms with Crippen LogP contribution in [0.4, 0.5) is 0 Å². The lowest BCUT2D eigenvalue weighted by atomic mass is 9.86. The minimum Gasteiger partial charge on any atom is -0.330 e. The van der Waals surface area contributed by atoms with E-state index < -0.39 is 0 Å². The van der Waals surface area contributed by atoms with Gasteiger partial charge in [0.25, 0.3) is 0 Å². The first-order valence-electron chi connectivity index (χ1n) is 7.35. The second kappa shape index (κ2) is 6.17. The van der Waals surface area contributed by atoms with Crippen molar-refractivity contribution in [3.63, 3.8) is 0 Å². The van der Waals surface area contributed by atoms with Crippen LogP contribution in [-0.2, 0) is 0 Å². The number of nitrogens with two attached hydrogens (primary N) is 1. The summed E-state index contributed by atoms with van der Waals surface area (Å²) in [6.07, 6.45) is 8.26. The molecule has 1 saturated carbocycles. The van der Waals surface area contributed by atoms with Crippen molar-refractivity contribution in [2.75, 3.05) is 46.3 Å². The molecule has 0 spiro atoms. The normalized spacial score (nSPS) is 24.9. The van der Waals surface area contributed by atoms with Crippen molar-refractivity contribution in [1.82, 2.24) is 9.80 Å². The average Bonchev–Trinajstić information content (AvgIpc) is 2.98. The number of nitrogens with zero attached hydrogens (tertiary/aromatic N) is 2. The third-order valence-electron chi connectivity index (χ3n) is 4.70. The Balaban J connectivity index is 1.70. The molecule has 1 aliphatic heterocycles. The molecule has 1 aliphatic carbocycles. The quantitative estimate of drug-likeness (QED) is 0.763. The van der Waals surface area contributed by atoms with Crippen molar-refractivity contribution in [3.8, 4) is 0 Å². The lowest BCUT2D eigenvalue weighted by molar-refractivity contribution is 0.168. The monoisotopic (exact) mass is 239 g/mol. The number of rotatable bonds is 6. The second-order valence-corrected chi connectivity index (χ2v) is 6.20. The van der Waals surface area contributed by atoms with Crippen molar-refractivity contribution >= 4 is 0 Å². The van der Waals surface area contributed by atoms with E-state index in [0.717, 1.165) is 6.54 Å². The van der Waals surface area contributed by atoms with Gasteiger partial charge < -0.3 is 15.5 Å². The lowest BCUT2D eigenvalue weighted by Gasteiger charge is -2.33. The Labute approximate surface area is 106 Å². The molecule has 0 aromatic rings. The Bertz CT molecular complexity index is 218. The molecule has 1 heterocycles. The predicted octanol–water partition coefficient (Wildman–Crippen LogP) is 1.53. The highest BCUT2D eigenvalue weighted by Gasteiger charge is 2.33. The van der Waals surface area contributed by atoms with Crippen molar-refractivity contribution in [1.29, 1.82) is 0 Å². The maximum Gasteiger partial charge on any atom is 0.0109 e.